The number of anilines is 1. The summed E-state index contributed by atoms with van der Waals surface area (Å²) in [6.45, 7) is 7.44. The highest BCUT2D eigenvalue weighted by atomic mass is 35.5. The van der Waals surface area contributed by atoms with E-state index in [0.717, 1.165) is 28.1 Å². The van der Waals surface area contributed by atoms with Crippen LogP contribution in [0.5, 0.6) is 0 Å². The molecule has 2 rings (SSSR count). The smallest absolute Gasteiger partial charge is 0.413 e. The third-order valence-corrected chi connectivity index (χ3v) is 3.37. The largest absolute Gasteiger partial charge is 0.444 e. The normalized spacial score (nSPS) is 11.2. The average molecular weight is 333 g/mol. The molecule has 122 valence electrons. The third kappa shape index (κ3) is 5.57. The Morgan fingerprint density at radius 2 is 2.04 bits per heavy atom. The van der Waals surface area contributed by atoms with Crippen LogP contribution in [0.3, 0.4) is 0 Å². The minimum atomic E-state index is -0.536. The second kappa shape index (κ2) is 7.01. The zero-order valence-electron chi connectivity index (χ0n) is 13.8. The van der Waals surface area contributed by atoms with Crippen molar-refractivity contribution in [2.45, 2.75) is 39.7 Å². The number of rotatable bonds is 3. The molecule has 0 saturated heterocycles. The van der Waals surface area contributed by atoms with E-state index < -0.39 is 11.7 Å². The molecule has 23 heavy (non-hydrogen) atoms. The van der Waals surface area contributed by atoms with Gasteiger partial charge in [0, 0.05) is 11.2 Å². The van der Waals surface area contributed by atoms with Crippen molar-refractivity contribution in [1.29, 1.82) is 0 Å². The summed E-state index contributed by atoms with van der Waals surface area (Å²) in [5, 5.41) is 3.36. The number of pyridine rings is 1. The summed E-state index contributed by atoms with van der Waals surface area (Å²) in [6.07, 6.45) is 2.00. The molecule has 0 fully saturated rings. The summed E-state index contributed by atoms with van der Waals surface area (Å²) in [6, 6.07) is 9.58. The van der Waals surface area contributed by atoms with Crippen LogP contribution < -0.4 is 5.32 Å². The van der Waals surface area contributed by atoms with Gasteiger partial charge in [-0.2, -0.15) is 0 Å². The zero-order chi connectivity index (χ0) is 17.0. The van der Waals surface area contributed by atoms with Crippen LogP contribution >= 0.6 is 11.6 Å². The summed E-state index contributed by atoms with van der Waals surface area (Å²) in [7, 11) is 0. The number of halogens is 1. The molecule has 1 N–H and O–H groups in total. The van der Waals surface area contributed by atoms with E-state index in [2.05, 4.69) is 10.3 Å². The number of nitrogens with one attached hydrogen (secondary N) is 1. The fourth-order valence-electron chi connectivity index (χ4n) is 2.11. The Balaban J connectivity index is 2.07. The third-order valence-electron chi connectivity index (χ3n) is 3.13. The van der Waals surface area contributed by atoms with Gasteiger partial charge in [-0.15, -0.1) is 0 Å². The Kier molecular flexibility index (Phi) is 5.26. The van der Waals surface area contributed by atoms with Crippen LogP contribution in [0.1, 0.15) is 37.5 Å². The van der Waals surface area contributed by atoms with Gasteiger partial charge in [0.15, 0.2) is 0 Å². The molecule has 0 aliphatic heterocycles. The van der Waals surface area contributed by atoms with Crippen molar-refractivity contribution in [3.8, 4) is 0 Å². The van der Waals surface area contributed by atoms with Crippen LogP contribution in [0.2, 0.25) is 5.02 Å². The van der Waals surface area contributed by atoms with E-state index >= 15 is 0 Å². The fraction of sp³-hybridized carbons (Fsp3) is 0.333. The number of aromatic nitrogens is 1. The molecule has 4 nitrogen and oxygen atoms in total. The Morgan fingerprint density at radius 1 is 1.30 bits per heavy atom. The first-order valence-electron chi connectivity index (χ1n) is 7.43. The number of aryl methyl sites for hydroxylation is 1. The molecule has 0 radical (unpaired) electrons. The first-order valence-corrected chi connectivity index (χ1v) is 7.81. The molecule has 0 atom stereocenters. The first kappa shape index (κ1) is 17.3. The molecule has 0 spiro atoms. The second-order valence-corrected chi connectivity index (χ2v) is 6.87. The van der Waals surface area contributed by atoms with Crippen molar-refractivity contribution in [3.05, 3.63) is 58.2 Å². The molecule has 1 aromatic heterocycles. The molecule has 2 aromatic rings. The summed E-state index contributed by atoms with van der Waals surface area (Å²) >= 11 is 6.01. The summed E-state index contributed by atoms with van der Waals surface area (Å²) in [4.78, 5) is 16.0. The molecular weight excluding hydrogens is 312 g/mol. The highest BCUT2D eigenvalue weighted by molar-refractivity contribution is 6.30. The lowest BCUT2D eigenvalue weighted by molar-refractivity contribution is 0.0635. The number of amides is 1. The van der Waals surface area contributed by atoms with Crippen LogP contribution in [0.25, 0.3) is 0 Å². The molecule has 0 saturated carbocycles. The molecule has 0 aliphatic carbocycles. The van der Waals surface area contributed by atoms with Crippen molar-refractivity contribution in [2.75, 3.05) is 5.32 Å². The molecule has 0 bridgehead atoms. The predicted molar refractivity (Wildman–Crippen MR) is 93.1 cm³/mol. The summed E-state index contributed by atoms with van der Waals surface area (Å²) < 4.78 is 5.22. The van der Waals surface area contributed by atoms with Gasteiger partial charge in [-0.3, -0.25) is 5.32 Å². The summed E-state index contributed by atoms with van der Waals surface area (Å²) in [5.41, 5.74) is 2.72. The van der Waals surface area contributed by atoms with E-state index in [-0.39, 0.29) is 0 Å². The zero-order valence-corrected chi connectivity index (χ0v) is 14.6. The van der Waals surface area contributed by atoms with E-state index in [1.54, 1.807) is 6.20 Å². The number of nitrogens with zero attached hydrogens (tertiary/aromatic N) is 1. The molecular formula is C18H21ClN2O2. The van der Waals surface area contributed by atoms with Crippen LogP contribution in [0.4, 0.5) is 10.6 Å². The Bertz CT molecular complexity index is 708. The number of hydrogen-bond acceptors (Lipinski definition) is 3. The van der Waals surface area contributed by atoms with Gasteiger partial charge < -0.3 is 4.74 Å². The minimum Gasteiger partial charge on any atom is -0.444 e. The van der Waals surface area contributed by atoms with Crippen molar-refractivity contribution in [3.63, 3.8) is 0 Å². The van der Waals surface area contributed by atoms with E-state index in [0.29, 0.717) is 5.82 Å². The lowest BCUT2D eigenvalue weighted by Gasteiger charge is -2.19. The maximum Gasteiger partial charge on any atom is 0.413 e. The Morgan fingerprint density at radius 3 is 2.65 bits per heavy atom. The monoisotopic (exact) mass is 332 g/mol. The average Bonchev–Trinajstić information content (AvgIpc) is 2.40. The van der Waals surface area contributed by atoms with Gasteiger partial charge in [0.05, 0.1) is 0 Å². The highest BCUT2D eigenvalue weighted by Crippen LogP contribution is 2.19. The molecule has 1 aromatic carbocycles. The Labute approximate surface area is 141 Å². The maximum absolute atomic E-state index is 11.8. The van der Waals surface area contributed by atoms with E-state index in [4.69, 9.17) is 16.3 Å². The van der Waals surface area contributed by atoms with Gasteiger partial charge in [-0.25, -0.2) is 9.78 Å². The van der Waals surface area contributed by atoms with Gasteiger partial charge in [0.1, 0.15) is 11.4 Å². The molecule has 5 heteroatoms. The minimum absolute atomic E-state index is 0.478. The van der Waals surface area contributed by atoms with Gasteiger partial charge in [0.25, 0.3) is 0 Å². The van der Waals surface area contributed by atoms with Gasteiger partial charge >= 0.3 is 6.09 Å². The lowest BCUT2D eigenvalue weighted by atomic mass is 10.0. The van der Waals surface area contributed by atoms with Gasteiger partial charge in [0.2, 0.25) is 0 Å². The number of carbonyl (C=O) groups is 1. The van der Waals surface area contributed by atoms with Crippen molar-refractivity contribution < 1.29 is 9.53 Å². The number of carbonyl (C=O) groups excluding carboxylic acids is 1. The highest BCUT2D eigenvalue weighted by Gasteiger charge is 2.16. The first-order chi connectivity index (χ1) is 10.7. The van der Waals surface area contributed by atoms with Gasteiger partial charge in [-0.05, 0) is 69.0 Å². The van der Waals surface area contributed by atoms with Gasteiger partial charge in [-0.1, -0.05) is 23.7 Å². The topological polar surface area (TPSA) is 51.2 Å². The number of benzene rings is 1. The standard InChI is InChI=1S/C18H21ClN2O2/c1-12-8-16(21-17(22)23-18(2,3)4)20-11-14(12)9-13-6-5-7-15(19)10-13/h5-8,10-11H,9H2,1-4H3,(H,20,21,22). The van der Waals surface area contributed by atoms with Crippen molar-refractivity contribution in [1.82, 2.24) is 4.98 Å². The molecule has 1 heterocycles. The van der Waals surface area contributed by atoms with Crippen molar-refractivity contribution >= 4 is 23.5 Å². The SMILES string of the molecule is Cc1cc(NC(=O)OC(C)(C)C)ncc1Cc1cccc(Cl)c1. The summed E-state index contributed by atoms with van der Waals surface area (Å²) in [5.74, 6) is 0.478. The quantitative estimate of drug-likeness (QED) is 0.862. The lowest BCUT2D eigenvalue weighted by Crippen LogP contribution is -2.27. The molecule has 0 unspecified atom stereocenters. The Hall–Kier alpha value is -2.07. The predicted octanol–water partition coefficient (Wildman–Crippen LogP) is 4.98. The maximum atomic E-state index is 11.8. The van der Waals surface area contributed by atoms with Crippen LogP contribution in [-0.4, -0.2) is 16.7 Å². The van der Waals surface area contributed by atoms with E-state index in [1.807, 2.05) is 58.0 Å². The van der Waals surface area contributed by atoms with Crippen LogP contribution in [0, 0.1) is 6.92 Å². The fourth-order valence-corrected chi connectivity index (χ4v) is 2.33. The van der Waals surface area contributed by atoms with Crippen molar-refractivity contribution in [2.24, 2.45) is 0 Å². The van der Waals surface area contributed by atoms with Crippen LogP contribution in [0.15, 0.2) is 36.5 Å². The number of hydrogen-bond donors (Lipinski definition) is 1. The second-order valence-electron chi connectivity index (χ2n) is 6.43. The van der Waals surface area contributed by atoms with Crippen LogP contribution in [-0.2, 0) is 11.2 Å². The molecule has 0 aliphatic rings. The molecule has 1 amide bonds. The van der Waals surface area contributed by atoms with E-state index in [1.165, 1.54) is 0 Å². The number of ether oxygens (including phenoxy) is 1. The van der Waals surface area contributed by atoms with E-state index in [9.17, 15) is 4.79 Å².